The van der Waals surface area contributed by atoms with E-state index in [9.17, 15) is 4.79 Å². The molecule has 0 atom stereocenters. The number of methoxy groups -OCH3 is 1. The van der Waals surface area contributed by atoms with Crippen molar-refractivity contribution in [3.63, 3.8) is 0 Å². The van der Waals surface area contributed by atoms with Crippen molar-refractivity contribution >= 4 is 39.7 Å². The lowest BCUT2D eigenvalue weighted by molar-refractivity contribution is -0.139. The van der Waals surface area contributed by atoms with Crippen molar-refractivity contribution in [2.45, 2.75) is 0 Å². The number of carboxylic acids is 1. The molecular weight excluding hydrogens is 326 g/mol. The molecule has 0 unspecified atom stereocenters. The average Bonchev–Trinajstić information content (AvgIpc) is 3.00. The molecule has 0 amide bonds. The Morgan fingerprint density at radius 2 is 1.92 bits per heavy atom. The molecule has 1 aromatic heterocycles. The van der Waals surface area contributed by atoms with E-state index in [1.807, 2.05) is 42.5 Å². The molecule has 0 bridgehead atoms. The average molecular weight is 341 g/mol. The van der Waals surface area contributed by atoms with Gasteiger partial charge in [0.15, 0.2) is 6.61 Å². The lowest BCUT2D eigenvalue weighted by atomic mass is 10.2. The molecule has 0 aliphatic rings. The highest BCUT2D eigenvalue weighted by molar-refractivity contribution is 7.19. The van der Waals surface area contributed by atoms with Crippen LogP contribution in [0.25, 0.3) is 22.4 Å². The maximum atomic E-state index is 10.5. The number of fused-ring (bicyclic) bond motifs is 1. The van der Waals surface area contributed by atoms with Gasteiger partial charge in [-0.3, -0.25) is 0 Å². The number of nitrogens with zero attached hydrogens (tertiary/aromatic N) is 1. The lowest BCUT2D eigenvalue weighted by Crippen LogP contribution is -2.09. The van der Waals surface area contributed by atoms with Crippen molar-refractivity contribution in [2.75, 3.05) is 13.7 Å². The smallest absolute Gasteiger partial charge is 0.341 e. The zero-order valence-corrected chi connectivity index (χ0v) is 13.7. The van der Waals surface area contributed by atoms with E-state index in [1.165, 1.54) is 0 Å². The first kappa shape index (κ1) is 16.0. The van der Waals surface area contributed by atoms with Crippen molar-refractivity contribution in [3.05, 3.63) is 53.0 Å². The van der Waals surface area contributed by atoms with Gasteiger partial charge in [-0.25, -0.2) is 9.78 Å². The minimum atomic E-state index is -0.994. The highest BCUT2D eigenvalue weighted by Gasteiger charge is 2.03. The topological polar surface area (TPSA) is 68.7 Å². The van der Waals surface area contributed by atoms with Gasteiger partial charge in [-0.05, 0) is 42.0 Å². The lowest BCUT2D eigenvalue weighted by Gasteiger charge is -2.02. The van der Waals surface area contributed by atoms with Crippen LogP contribution in [0.4, 0.5) is 0 Å². The Balaban J connectivity index is 1.72. The van der Waals surface area contributed by atoms with Gasteiger partial charge in [-0.1, -0.05) is 18.2 Å². The summed E-state index contributed by atoms with van der Waals surface area (Å²) in [6.45, 7) is -0.343. The molecule has 1 N–H and O–H groups in total. The normalized spacial score (nSPS) is 11.0. The fourth-order valence-electron chi connectivity index (χ4n) is 2.11. The van der Waals surface area contributed by atoms with E-state index in [2.05, 4.69) is 4.98 Å². The van der Waals surface area contributed by atoms with Crippen molar-refractivity contribution < 1.29 is 19.4 Å². The first-order valence-electron chi connectivity index (χ1n) is 7.21. The molecule has 6 heteroatoms. The number of ether oxygens (including phenoxy) is 2. The summed E-state index contributed by atoms with van der Waals surface area (Å²) in [7, 11) is 1.65. The summed E-state index contributed by atoms with van der Waals surface area (Å²) in [4.78, 5) is 15.0. The summed E-state index contributed by atoms with van der Waals surface area (Å²) in [6, 6.07) is 13.0. The minimum Gasteiger partial charge on any atom is -0.497 e. The first-order chi connectivity index (χ1) is 11.6. The number of thiazole rings is 1. The molecule has 122 valence electrons. The second-order valence-corrected chi connectivity index (χ2v) is 6.03. The van der Waals surface area contributed by atoms with E-state index in [-0.39, 0.29) is 6.61 Å². The van der Waals surface area contributed by atoms with Crippen LogP contribution in [0.1, 0.15) is 10.6 Å². The Morgan fingerprint density at radius 1 is 1.17 bits per heavy atom. The molecule has 5 nitrogen and oxygen atoms in total. The Kier molecular flexibility index (Phi) is 4.77. The fourth-order valence-corrected chi connectivity index (χ4v) is 3.01. The Bertz CT molecular complexity index is 884. The van der Waals surface area contributed by atoms with Crippen LogP contribution in [0, 0.1) is 0 Å². The third-order valence-electron chi connectivity index (χ3n) is 3.27. The van der Waals surface area contributed by atoms with Crippen LogP contribution in [-0.2, 0) is 4.79 Å². The summed E-state index contributed by atoms with van der Waals surface area (Å²) in [5.74, 6) is 0.353. The molecule has 0 radical (unpaired) electrons. The monoisotopic (exact) mass is 341 g/mol. The van der Waals surface area contributed by atoms with Crippen LogP contribution in [0.2, 0.25) is 0 Å². The largest absolute Gasteiger partial charge is 0.497 e. The van der Waals surface area contributed by atoms with E-state index in [0.717, 1.165) is 26.5 Å². The van der Waals surface area contributed by atoms with Crippen LogP contribution in [0.5, 0.6) is 11.5 Å². The fraction of sp³-hybridized carbons (Fsp3) is 0.111. The number of carbonyl (C=O) groups is 1. The highest BCUT2D eigenvalue weighted by atomic mass is 32.1. The van der Waals surface area contributed by atoms with Gasteiger partial charge in [-0.2, -0.15) is 0 Å². The van der Waals surface area contributed by atoms with Gasteiger partial charge in [-0.15, -0.1) is 11.3 Å². The third kappa shape index (κ3) is 3.91. The number of hydrogen-bond acceptors (Lipinski definition) is 5. The summed E-state index contributed by atoms with van der Waals surface area (Å²) < 4.78 is 11.4. The van der Waals surface area contributed by atoms with Crippen molar-refractivity contribution in [3.8, 4) is 11.5 Å². The number of benzene rings is 2. The molecule has 0 aliphatic heterocycles. The predicted octanol–water partition coefficient (Wildman–Crippen LogP) is 3.94. The third-order valence-corrected chi connectivity index (χ3v) is 4.26. The Hall–Kier alpha value is -2.86. The molecule has 24 heavy (non-hydrogen) atoms. The van der Waals surface area contributed by atoms with E-state index >= 15 is 0 Å². The van der Waals surface area contributed by atoms with Crippen molar-refractivity contribution in [1.29, 1.82) is 0 Å². The van der Waals surface area contributed by atoms with Crippen molar-refractivity contribution in [1.82, 2.24) is 4.98 Å². The van der Waals surface area contributed by atoms with E-state index < -0.39 is 5.97 Å². The van der Waals surface area contributed by atoms with Crippen LogP contribution in [-0.4, -0.2) is 29.8 Å². The molecule has 0 aliphatic carbocycles. The molecule has 2 aromatic carbocycles. The number of aromatic nitrogens is 1. The van der Waals surface area contributed by atoms with Crippen LogP contribution in [0.15, 0.2) is 42.5 Å². The SMILES string of the molecule is COc1ccc2nc(/C=C/c3ccc(OCC(=O)O)cc3)sc2c1. The zero-order valence-electron chi connectivity index (χ0n) is 12.9. The Labute approximate surface area is 142 Å². The first-order valence-corrected chi connectivity index (χ1v) is 8.03. The van der Waals surface area contributed by atoms with Gasteiger partial charge >= 0.3 is 5.97 Å². The van der Waals surface area contributed by atoms with Crippen LogP contribution >= 0.6 is 11.3 Å². The van der Waals surface area contributed by atoms with Crippen molar-refractivity contribution in [2.24, 2.45) is 0 Å². The van der Waals surface area contributed by atoms with Gasteiger partial charge in [0.2, 0.25) is 0 Å². The second kappa shape index (κ2) is 7.14. The van der Waals surface area contributed by atoms with Gasteiger partial charge in [0.05, 0.1) is 17.3 Å². The van der Waals surface area contributed by atoms with Gasteiger partial charge < -0.3 is 14.6 Å². The minimum absolute atomic E-state index is 0.343. The van der Waals surface area contributed by atoms with Gasteiger partial charge in [0.1, 0.15) is 16.5 Å². The standard InChI is InChI=1S/C18H15NO4S/c1-22-14-7-8-15-16(10-14)24-17(19-15)9-4-12-2-5-13(6-3-12)23-11-18(20)21/h2-10H,11H2,1H3,(H,20,21)/b9-4+. The quantitative estimate of drug-likeness (QED) is 0.735. The summed E-state index contributed by atoms with van der Waals surface area (Å²) in [6.07, 6.45) is 3.90. The second-order valence-electron chi connectivity index (χ2n) is 4.97. The predicted molar refractivity (Wildman–Crippen MR) is 94.7 cm³/mol. The number of hydrogen-bond donors (Lipinski definition) is 1. The molecule has 0 saturated heterocycles. The molecule has 0 saturated carbocycles. The summed E-state index contributed by atoms with van der Waals surface area (Å²) >= 11 is 1.59. The number of aliphatic carboxylic acids is 1. The highest BCUT2D eigenvalue weighted by Crippen LogP contribution is 2.27. The van der Waals surface area contributed by atoms with E-state index in [0.29, 0.717) is 5.75 Å². The number of carboxylic acid groups (broad SMARTS) is 1. The van der Waals surface area contributed by atoms with Gasteiger partial charge in [0, 0.05) is 0 Å². The Morgan fingerprint density at radius 3 is 2.62 bits per heavy atom. The molecule has 3 rings (SSSR count). The molecular formula is C18H15NO4S. The maximum absolute atomic E-state index is 10.5. The zero-order chi connectivity index (χ0) is 16.9. The summed E-state index contributed by atoms with van der Waals surface area (Å²) in [5.41, 5.74) is 1.92. The molecule has 3 aromatic rings. The van der Waals surface area contributed by atoms with Gasteiger partial charge in [0.25, 0.3) is 0 Å². The number of rotatable bonds is 6. The summed E-state index contributed by atoms with van der Waals surface area (Å²) in [5, 5.41) is 9.49. The molecule has 0 fully saturated rings. The molecule has 0 spiro atoms. The van der Waals surface area contributed by atoms with Crippen LogP contribution < -0.4 is 9.47 Å². The van der Waals surface area contributed by atoms with Crippen LogP contribution in [0.3, 0.4) is 0 Å². The van der Waals surface area contributed by atoms with E-state index in [1.54, 1.807) is 30.6 Å². The molecule has 1 heterocycles. The van der Waals surface area contributed by atoms with E-state index in [4.69, 9.17) is 14.6 Å². The maximum Gasteiger partial charge on any atom is 0.341 e.